The van der Waals surface area contributed by atoms with Crippen LogP contribution < -0.4 is 19.3 Å². The SMILES string of the molecule is COc1ccc(C(=O)N(CC(C)(C)C)c2ccccn2)c(N2CCC(COc3cc([C@@H](CC(=O)O)C4CC4)ccn3)CC2)c1. The highest BCUT2D eigenvalue weighted by atomic mass is 16.5. The van der Waals surface area contributed by atoms with Crippen LogP contribution in [0.15, 0.2) is 60.9 Å². The third-order valence-electron chi connectivity index (χ3n) is 8.43. The summed E-state index contributed by atoms with van der Waals surface area (Å²) >= 11 is 0. The van der Waals surface area contributed by atoms with Crippen LogP contribution in [0.1, 0.15) is 74.7 Å². The summed E-state index contributed by atoms with van der Waals surface area (Å²) in [7, 11) is 1.64. The molecule has 1 aliphatic heterocycles. The minimum absolute atomic E-state index is 0.0119. The molecule has 2 aromatic heterocycles. The fourth-order valence-corrected chi connectivity index (χ4v) is 5.99. The van der Waals surface area contributed by atoms with Gasteiger partial charge in [-0.25, -0.2) is 9.97 Å². The Morgan fingerprint density at radius 2 is 1.80 bits per heavy atom. The van der Waals surface area contributed by atoms with E-state index in [9.17, 15) is 14.7 Å². The van der Waals surface area contributed by atoms with Gasteiger partial charge >= 0.3 is 5.97 Å². The van der Waals surface area contributed by atoms with Gasteiger partial charge in [-0.2, -0.15) is 0 Å². The van der Waals surface area contributed by atoms with Crippen LogP contribution in [0.3, 0.4) is 0 Å². The van der Waals surface area contributed by atoms with Gasteiger partial charge in [-0.05, 0) is 84.7 Å². The van der Waals surface area contributed by atoms with E-state index in [4.69, 9.17) is 9.47 Å². The zero-order chi connectivity index (χ0) is 31.3. The highest BCUT2D eigenvalue weighted by Crippen LogP contribution is 2.45. The van der Waals surface area contributed by atoms with E-state index in [2.05, 4.69) is 35.6 Å². The molecule has 1 amide bonds. The molecule has 44 heavy (non-hydrogen) atoms. The van der Waals surface area contributed by atoms with Crippen LogP contribution in [-0.2, 0) is 4.79 Å². The first-order valence-corrected chi connectivity index (χ1v) is 15.6. The molecule has 0 bridgehead atoms. The topological polar surface area (TPSA) is 105 Å². The Bertz CT molecular complexity index is 1430. The summed E-state index contributed by atoms with van der Waals surface area (Å²) in [6.07, 6.45) is 7.53. The van der Waals surface area contributed by atoms with Crippen molar-refractivity contribution in [2.24, 2.45) is 17.3 Å². The molecule has 3 aromatic rings. The van der Waals surface area contributed by atoms with Crippen molar-refractivity contribution in [1.29, 1.82) is 0 Å². The number of benzene rings is 1. The van der Waals surface area contributed by atoms with Crippen molar-refractivity contribution < 1.29 is 24.2 Å². The second kappa shape index (κ2) is 13.7. The first kappa shape index (κ1) is 31.3. The van der Waals surface area contributed by atoms with Crippen molar-refractivity contribution in [2.45, 2.75) is 58.8 Å². The van der Waals surface area contributed by atoms with Gasteiger partial charge in [-0.1, -0.05) is 26.8 Å². The van der Waals surface area contributed by atoms with Crippen LogP contribution in [0.4, 0.5) is 11.5 Å². The number of carbonyl (C=O) groups is 2. The number of aliphatic carboxylic acids is 1. The molecular weight excluding hydrogens is 556 g/mol. The van der Waals surface area contributed by atoms with E-state index >= 15 is 0 Å². The number of ether oxygens (including phenoxy) is 2. The summed E-state index contributed by atoms with van der Waals surface area (Å²) in [5.41, 5.74) is 2.36. The molecule has 9 nitrogen and oxygen atoms in total. The van der Waals surface area contributed by atoms with Crippen molar-refractivity contribution in [3.63, 3.8) is 0 Å². The van der Waals surface area contributed by atoms with Crippen LogP contribution in [0.2, 0.25) is 0 Å². The van der Waals surface area contributed by atoms with Gasteiger partial charge in [0.15, 0.2) is 0 Å². The number of rotatable bonds is 12. The van der Waals surface area contributed by atoms with E-state index in [1.54, 1.807) is 24.4 Å². The monoisotopic (exact) mass is 600 g/mol. The quantitative estimate of drug-likeness (QED) is 0.253. The number of nitrogens with zero attached hydrogens (tertiary/aromatic N) is 4. The molecule has 1 aliphatic carbocycles. The summed E-state index contributed by atoms with van der Waals surface area (Å²) in [4.78, 5) is 38.5. The maximum Gasteiger partial charge on any atom is 0.303 e. The van der Waals surface area contributed by atoms with Gasteiger partial charge < -0.3 is 19.5 Å². The number of hydrogen-bond acceptors (Lipinski definition) is 7. The van der Waals surface area contributed by atoms with E-state index in [1.807, 2.05) is 48.5 Å². The summed E-state index contributed by atoms with van der Waals surface area (Å²) in [5, 5.41) is 9.39. The number of hydrogen-bond donors (Lipinski definition) is 1. The van der Waals surface area contributed by atoms with Crippen LogP contribution in [-0.4, -0.2) is 60.3 Å². The number of amides is 1. The van der Waals surface area contributed by atoms with E-state index < -0.39 is 5.97 Å². The molecule has 5 rings (SSSR count). The van der Waals surface area contributed by atoms with Gasteiger partial charge in [0.2, 0.25) is 5.88 Å². The Kier molecular flexibility index (Phi) is 9.71. The van der Waals surface area contributed by atoms with E-state index in [-0.39, 0.29) is 23.7 Å². The van der Waals surface area contributed by atoms with E-state index in [0.717, 1.165) is 50.0 Å². The predicted octanol–water partition coefficient (Wildman–Crippen LogP) is 6.44. The molecular formula is C35H44N4O5. The van der Waals surface area contributed by atoms with Crippen molar-refractivity contribution in [2.75, 3.05) is 43.2 Å². The normalized spacial score (nSPS) is 16.3. The lowest BCUT2D eigenvalue weighted by Gasteiger charge is -2.36. The molecule has 9 heteroatoms. The fraction of sp³-hybridized carbons (Fsp3) is 0.486. The van der Waals surface area contributed by atoms with Crippen LogP contribution in [0.25, 0.3) is 0 Å². The van der Waals surface area contributed by atoms with Gasteiger partial charge in [0.1, 0.15) is 11.6 Å². The Balaban J connectivity index is 1.26. The number of anilines is 2. The molecule has 3 heterocycles. The van der Waals surface area contributed by atoms with Gasteiger partial charge in [0.25, 0.3) is 5.91 Å². The number of aromatic nitrogens is 2. The van der Waals surface area contributed by atoms with Crippen molar-refractivity contribution in [3.8, 4) is 11.6 Å². The highest BCUT2D eigenvalue weighted by molar-refractivity contribution is 6.09. The maximum atomic E-state index is 14.1. The largest absolute Gasteiger partial charge is 0.497 e. The minimum Gasteiger partial charge on any atom is -0.497 e. The third-order valence-corrected chi connectivity index (χ3v) is 8.43. The molecule has 1 N–H and O–H groups in total. The van der Waals surface area contributed by atoms with Crippen molar-refractivity contribution >= 4 is 23.4 Å². The first-order chi connectivity index (χ1) is 21.1. The van der Waals surface area contributed by atoms with E-state index in [1.165, 1.54) is 0 Å². The second-order valence-corrected chi connectivity index (χ2v) is 13.2. The van der Waals surface area contributed by atoms with Gasteiger partial charge in [0, 0.05) is 44.2 Å². The van der Waals surface area contributed by atoms with Crippen LogP contribution >= 0.6 is 0 Å². The summed E-state index contributed by atoms with van der Waals surface area (Å²) < 4.78 is 11.7. The standard InChI is InChI=1S/C35H44N4O5/c1-35(2,3)23-39(31-7-5-6-15-36-31)34(42)28-11-10-27(43-4)20-30(28)38-17-13-24(14-18-38)22-44-32-19-26(12-16-37-32)29(21-33(40)41)25-8-9-25/h5-7,10-12,15-16,19-20,24-25,29H,8-9,13-14,17-18,21-23H2,1-4H3,(H,40,41)/t29-/m0/s1. The second-order valence-electron chi connectivity index (χ2n) is 13.2. The van der Waals surface area contributed by atoms with E-state index in [0.29, 0.717) is 48.0 Å². The van der Waals surface area contributed by atoms with Crippen LogP contribution in [0.5, 0.6) is 11.6 Å². The molecule has 0 unspecified atom stereocenters. The van der Waals surface area contributed by atoms with Gasteiger partial charge in [-0.3, -0.25) is 14.5 Å². The Hall–Kier alpha value is -4.14. The molecule has 1 aromatic carbocycles. The summed E-state index contributed by atoms with van der Waals surface area (Å²) in [6, 6.07) is 15.1. The molecule has 1 saturated heterocycles. The number of carbonyl (C=O) groups excluding carboxylic acids is 1. The predicted molar refractivity (Wildman–Crippen MR) is 171 cm³/mol. The number of methoxy groups -OCH3 is 1. The van der Waals surface area contributed by atoms with Crippen LogP contribution in [0, 0.1) is 17.3 Å². The van der Waals surface area contributed by atoms with Crippen molar-refractivity contribution in [3.05, 3.63) is 72.1 Å². The zero-order valence-corrected chi connectivity index (χ0v) is 26.2. The molecule has 234 valence electrons. The molecule has 0 spiro atoms. The Morgan fingerprint density at radius 1 is 1.02 bits per heavy atom. The summed E-state index contributed by atoms with van der Waals surface area (Å²) in [5.74, 6) is 1.82. The Labute approximate surface area is 260 Å². The summed E-state index contributed by atoms with van der Waals surface area (Å²) in [6.45, 7) is 8.98. The molecule has 2 aliphatic rings. The molecule has 2 fully saturated rings. The van der Waals surface area contributed by atoms with Crippen molar-refractivity contribution in [1.82, 2.24) is 9.97 Å². The lowest BCUT2D eigenvalue weighted by Crippen LogP contribution is -2.40. The Morgan fingerprint density at radius 3 is 2.43 bits per heavy atom. The number of carboxylic acids is 1. The number of pyridine rings is 2. The minimum atomic E-state index is -0.771. The fourth-order valence-electron chi connectivity index (χ4n) is 5.99. The molecule has 0 radical (unpaired) electrons. The average Bonchev–Trinajstić information content (AvgIpc) is 3.87. The smallest absolute Gasteiger partial charge is 0.303 e. The maximum absolute atomic E-state index is 14.1. The zero-order valence-electron chi connectivity index (χ0n) is 26.2. The van der Waals surface area contributed by atoms with Gasteiger partial charge in [-0.15, -0.1) is 0 Å². The highest BCUT2D eigenvalue weighted by Gasteiger charge is 2.34. The van der Waals surface area contributed by atoms with Gasteiger partial charge in [0.05, 0.1) is 31.4 Å². The average molecular weight is 601 g/mol. The first-order valence-electron chi connectivity index (χ1n) is 15.6. The molecule has 1 atom stereocenters. The lowest BCUT2D eigenvalue weighted by molar-refractivity contribution is -0.137. The lowest BCUT2D eigenvalue weighted by atomic mass is 9.92. The molecule has 1 saturated carbocycles. The third kappa shape index (κ3) is 8.07. The number of piperidine rings is 1. The number of carboxylic acid groups (broad SMARTS) is 1.